The van der Waals surface area contributed by atoms with Gasteiger partial charge in [-0.3, -0.25) is 9.59 Å². The Balaban J connectivity index is 3.35. The zero-order chi connectivity index (χ0) is 69.1. The maximum absolute atomic E-state index is 12.6. The predicted octanol–water partition coefficient (Wildman–Crippen LogP) is 29.7. The van der Waals surface area contributed by atoms with E-state index in [1.807, 2.05) is 0 Å². The number of aliphatic hydroxyl groups is 2. The van der Waals surface area contributed by atoms with E-state index >= 15 is 0 Å². The Morgan fingerprint density at radius 2 is 0.521 bits per heavy atom. The van der Waals surface area contributed by atoms with E-state index in [1.54, 1.807) is 0 Å². The molecule has 0 saturated carbocycles. The fourth-order valence-electron chi connectivity index (χ4n) is 14.2. The molecule has 568 valence electrons. The maximum Gasteiger partial charge on any atom is 0.305 e. The molecule has 0 fully saturated rings. The first kappa shape index (κ1) is 94.1. The zero-order valence-electron chi connectivity index (χ0n) is 65.4. The average Bonchev–Trinajstić information content (AvgIpc) is 3.15. The summed E-state index contributed by atoms with van der Waals surface area (Å²) in [5, 5.41) is 23.5. The van der Waals surface area contributed by atoms with Crippen LogP contribution in [0.1, 0.15) is 502 Å². The van der Waals surface area contributed by atoms with Crippen LogP contribution < -0.4 is 5.32 Å². The SMILES string of the molecule is CCCCCCCC/C=C\CCCCCCCCCC(=O)OCCCCCCCCCCCCCCCCC/C=C\C/C=C\CCCCCCCCCCCCCCCCCCCC(=O)NC(CO)C(O)CCCCCCCCCCCCCCCCCCCCCCCCC. The molecular weight excluding hydrogens is 1170 g/mol. The normalized spacial score (nSPS) is 12.6. The Labute approximate surface area is 602 Å². The standard InChI is InChI=1S/C90H173NO5/c1-3-5-7-9-11-13-15-17-19-21-22-23-41-44-47-51-54-58-62-66-70-74-78-82-88(93)87(86-92)91-89(94)83-79-75-71-67-63-59-55-52-48-45-42-39-37-35-33-31-29-27-25-24-26-28-30-32-34-36-38-40-43-46-49-53-57-61-65-69-73-77-81-85-96-90(95)84-80-76-72-68-64-60-56-50-20-18-16-14-12-10-8-6-4-2/h18,20,24-25,28,30,87-88,92-93H,3-17,19,21-23,26-27,29,31-86H2,1-2H3,(H,91,94)/b20-18-,25-24-,30-28-. The number of unbranched alkanes of at least 4 members (excludes halogenated alkanes) is 67. The fourth-order valence-corrected chi connectivity index (χ4v) is 14.2. The van der Waals surface area contributed by atoms with E-state index in [4.69, 9.17) is 4.74 Å². The van der Waals surface area contributed by atoms with Crippen LogP contribution in [-0.4, -0.2) is 47.4 Å². The zero-order valence-corrected chi connectivity index (χ0v) is 65.4. The summed E-state index contributed by atoms with van der Waals surface area (Å²) in [7, 11) is 0. The van der Waals surface area contributed by atoms with Crippen molar-refractivity contribution >= 4 is 11.9 Å². The third-order valence-corrected chi connectivity index (χ3v) is 20.9. The number of aliphatic hydroxyl groups excluding tert-OH is 2. The minimum Gasteiger partial charge on any atom is -0.466 e. The number of esters is 1. The summed E-state index contributed by atoms with van der Waals surface area (Å²) in [6, 6.07) is -0.541. The van der Waals surface area contributed by atoms with Gasteiger partial charge in [-0.05, 0) is 83.5 Å². The van der Waals surface area contributed by atoms with Gasteiger partial charge in [-0.2, -0.15) is 0 Å². The minimum absolute atomic E-state index is 0.0180. The molecule has 0 aromatic carbocycles. The summed E-state index contributed by atoms with van der Waals surface area (Å²) >= 11 is 0. The Morgan fingerprint density at radius 3 is 0.802 bits per heavy atom. The number of nitrogens with one attached hydrogen (secondary N) is 1. The highest BCUT2D eigenvalue weighted by Crippen LogP contribution is 2.21. The number of hydrogen-bond donors (Lipinski definition) is 3. The van der Waals surface area contributed by atoms with Crippen LogP contribution in [0.4, 0.5) is 0 Å². The lowest BCUT2D eigenvalue weighted by atomic mass is 10.0. The molecule has 1 amide bonds. The molecule has 2 unspecified atom stereocenters. The molecule has 0 saturated heterocycles. The second kappa shape index (κ2) is 85.5. The van der Waals surface area contributed by atoms with Crippen molar-refractivity contribution in [2.24, 2.45) is 0 Å². The molecule has 6 nitrogen and oxygen atoms in total. The van der Waals surface area contributed by atoms with Crippen molar-refractivity contribution in [3.05, 3.63) is 36.5 Å². The van der Waals surface area contributed by atoms with Crippen molar-refractivity contribution in [1.29, 1.82) is 0 Å². The largest absolute Gasteiger partial charge is 0.466 e. The summed E-state index contributed by atoms with van der Waals surface area (Å²) in [4.78, 5) is 24.7. The first-order valence-electron chi connectivity index (χ1n) is 44.2. The monoisotopic (exact) mass is 1350 g/mol. The summed E-state index contributed by atoms with van der Waals surface area (Å²) in [5.74, 6) is -0.00798. The van der Waals surface area contributed by atoms with Crippen LogP contribution >= 0.6 is 0 Å². The van der Waals surface area contributed by atoms with E-state index in [9.17, 15) is 19.8 Å². The van der Waals surface area contributed by atoms with Crippen molar-refractivity contribution in [2.45, 2.75) is 514 Å². The second-order valence-electron chi connectivity index (χ2n) is 30.6. The Hall–Kier alpha value is -1.92. The summed E-state index contributed by atoms with van der Waals surface area (Å²) < 4.78 is 5.51. The Kier molecular flexibility index (Phi) is 83.8. The maximum atomic E-state index is 12.6. The van der Waals surface area contributed by atoms with Crippen molar-refractivity contribution in [1.82, 2.24) is 5.32 Å². The van der Waals surface area contributed by atoms with E-state index < -0.39 is 12.1 Å². The van der Waals surface area contributed by atoms with E-state index in [1.165, 1.54) is 417 Å². The number of amides is 1. The highest BCUT2D eigenvalue weighted by molar-refractivity contribution is 5.76. The van der Waals surface area contributed by atoms with Gasteiger partial charge in [-0.15, -0.1) is 0 Å². The third kappa shape index (κ3) is 81.0. The highest BCUT2D eigenvalue weighted by atomic mass is 16.5. The van der Waals surface area contributed by atoms with Gasteiger partial charge in [0.15, 0.2) is 0 Å². The quantitative estimate of drug-likeness (QED) is 0.0320. The summed E-state index contributed by atoms with van der Waals surface area (Å²) in [5.41, 5.74) is 0. The topological polar surface area (TPSA) is 95.9 Å². The molecule has 0 aliphatic rings. The van der Waals surface area contributed by atoms with Crippen LogP contribution in [0.3, 0.4) is 0 Å². The number of hydrogen-bond acceptors (Lipinski definition) is 5. The number of carbonyl (C=O) groups excluding carboxylic acids is 2. The molecule has 0 heterocycles. The molecule has 0 aliphatic carbocycles. The first-order valence-corrected chi connectivity index (χ1v) is 44.2. The van der Waals surface area contributed by atoms with Crippen LogP contribution in [0.25, 0.3) is 0 Å². The predicted molar refractivity (Wildman–Crippen MR) is 426 cm³/mol. The third-order valence-electron chi connectivity index (χ3n) is 20.9. The minimum atomic E-state index is -0.664. The molecule has 6 heteroatoms. The van der Waals surface area contributed by atoms with Crippen molar-refractivity contribution in [3.63, 3.8) is 0 Å². The number of carbonyl (C=O) groups is 2. The Morgan fingerprint density at radius 1 is 0.292 bits per heavy atom. The fraction of sp³-hybridized carbons (Fsp3) is 0.911. The first-order chi connectivity index (χ1) is 47.5. The van der Waals surface area contributed by atoms with Gasteiger partial charge in [0, 0.05) is 12.8 Å². The van der Waals surface area contributed by atoms with Gasteiger partial charge < -0.3 is 20.3 Å². The van der Waals surface area contributed by atoms with Crippen LogP contribution in [0.5, 0.6) is 0 Å². The van der Waals surface area contributed by atoms with Gasteiger partial charge in [0.25, 0.3) is 0 Å². The number of ether oxygens (including phenoxy) is 1. The molecular formula is C90H173NO5. The lowest BCUT2D eigenvalue weighted by molar-refractivity contribution is -0.143. The molecule has 96 heavy (non-hydrogen) atoms. The van der Waals surface area contributed by atoms with Crippen LogP contribution in [-0.2, 0) is 14.3 Å². The van der Waals surface area contributed by atoms with Gasteiger partial charge in [0.05, 0.1) is 25.4 Å². The Bertz CT molecular complexity index is 1560. The number of allylic oxidation sites excluding steroid dienone is 6. The molecule has 2 atom stereocenters. The van der Waals surface area contributed by atoms with Gasteiger partial charge in [0.2, 0.25) is 5.91 Å². The molecule has 0 spiro atoms. The molecule has 3 N–H and O–H groups in total. The smallest absolute Gasteiger partial charge is 0.305 e. The van der Waals surface area contributed by atoms with Gasteiger partial charge >= 0.3 is 5.97 Å². The molecule has 0 aliphatic heterocycles. The summed E-state index contributed by atoms with van der Waals surface area (Å²) in [6.07, 6.45) is 113. The van der Waals surface area contributed by atoms with E-state index in [2.05, 4.69) is 55.6 Å². The number of rotatable bonds is 84. The summed E-state index contributed by atoms with van der Waals surface area (Å²) in [6.45, 7) is 5.01. The van der Waals surface area contributed by atoms with Crippen LogP contribution in [0.15, 0.2) is 36.5 Å². The molecule has 0 rings (SSSR count). The van der Waals surface area contributed by atoms with Crippen molar-refractivity contribution in [2.75, 3.05) is 13.2 Å². The van der Waals surface area contributed by atoms with Crippen LogP contribution in [0, 0.1) is 0 Å². The van der Waals surface area contributed by atoms with Gasteiger partial charge in [-0.25, -0.2) is 0 Å². The van der Waals surface area contributed by atoms with Gasteiger partial charge in [-0.1, -0.05) is 442 Å². The average molecular weight is 1350 g/mol. The molecule has 0 aromatic rings. The van der Waals surface area contributed by atoms with Crippen molar-refractivity contribution < 1.29 is 24.5 Å². The van der Waals surface area contributed by atoms with Gasteiger partial charge in [0.1, 0.15) is 0 Å². The lowest BCUT2D eigenvalue weighted by Gasteiger charge is -2.22. The molecule has 0 radical (unpaired) electrons. The molecule has 0 aromatic heterocycles. The van der Waals surface area contributed by atoms with E-state index in [0.717, 1.165) is 51.4 Å². The highest BCUT2D eigenvalue weighted by Gasteiger charge is 2.20. The van der Waals surface area contributed by atoms with E-state index in [0.29, 0.717) is 25.9 Å². The second-order valence-corrected chi connectivity index (χ2v) is 30.6. The van der Waals surface area contributed by atoms with Crippen molar-refractivity contribution in [3.8, 4) is 0 Å². The molecule has 0 bridgehead atoms. The van der Waals surface area contributed by atoms with Crippen LogP contribution in [0.2, 0.25) is 0 Å². The lowest BCUT2D eigenvalue weighted by Crippen LogP contribution is -2.45. The van der Waals surface area contributed by atoms with E-state index in [-0.39, 0.29) is 18.5 Å².